The van der Waals surface area contributed by atoms with Gasteiger partial charge in [-0.15, -0.1) is 24.0 Å². The van der Waals surface area contributed by atoms with E-state index in [1.165, 1.54) is 58.2 Å². The van der Waals surface area contributed by atoms with Gasteiger partial charge in [-0.3, -0.25) is 4.99 Å². The van der Waals surface area contributed by atoms with Gasteiger partial charge >= 0.3 is 0 Å². The zero-order valence-electron chi connectivity index (χ0n) is 15.8. The molecular weight excluding hydrogens is 415 g/mol. The van der Waals surface area contributed by atoms with Crippen molar-refractivity contribution in [3.63, 3.8) is 0 Å². The highest BCUT2D eigenvalue weighted by molar-refractivity contribution is 14.0. The first-order chi connectivity index (χ1) is 11.4. The van der Waals surface area contributed by atoms with Crippen LogP contribution in [0.1, 0.15) is 58.3 Å². The molecule has 5 nitrogen and oxygen atoms in total. The molecule has 0 aromatic rings. The summed E-state index contributed by atoms with van der Waals surface area (Å²) >= 11 is 0. The Morgan fingerprint density at radius 1 is 0.958 bits per heavy atom. The Morgan fingerprint density at radius 3 is 2.21 bits per heavy atom. The maximum absolute atomic E-state index is 5.56. The molecule has 6 heteroatoms. The molecule has 0 spiro atoms. The Bertz CT molecular complexity index is 295. The number of aliphatic imine (C=N–C) groups is 1. The van der Waals surface area contributed by atoms with Gasteiger partial charge in [0.2, 0.25) is 0 Å². The summed E-state index contributed by atoms with van der Waals surface area (Å²) in [6.07, 6.45) is 10.1. The quantitative estimate of drug-likeness (QED) is 0.218. The third-order valence-corrected chi connectivity index (χ3v) is 4.27. The smallest absolute Gasteiger partial charge is 0.190 e. The summed E-state index contributed by atoms with van der Waals surface area (Å²) in [6.45, 7) is 9.58. The number of unbranched alkanes of at least 4 members (excludes halogenated alkanes) is 1. The van der Waals surface area contributed by atoms with Gasteiger partial charge < -0.3 is 20.3 Å². The number of ether oxygens (including phenoxy) is 1. The van der Waals surface area contributed by atoms with Crippen molar-refractivity contribution in [3.8, 4) is 0 Å². The molecule has 1 fully saturated rings. The number of hydrogen-bond donors (Lipinski definition) is 2. The summed E-state index contributed by atoms with van der Waals surface area (Å²) in [6, 6.07) is 0. The maximum Gasteiger partial charge on any atom is 0.190 e. The van der Waals surface area contributed by atoms with Crippen LogP contribution >= 0.6 is 24.0 Å². The van der Waals surface area contributed by atoms with Crippen molar-refractivity contribution in [3.05, 3.63) is 0 Å². The number of likely N-dealkylation sites (tertiary alicyclic amines) is 1. The predicted molar refractivity (Wildman–Crippen MR) is 115 cm³/mol. The molecule has 0 amide bonds. The fourth-order valence-corrected chi connectivity index (χ4v) is 2.82. The number of halogens is 1. The van der Waals surface area contributed by atoms with Crippen LogP contribution in [0.4, 0.5) is 0 Å². The van der Waals surface area contributed by atoms with E-state index >= 15 is 0 Å². The lowest BCUT2D eigenvalue weighted by Gasteiger charge is -2.20. The lowest BCUT2D eigenvalue weighted by molar-refractivity contribution is 0.129. The summed E-state index contributed by atoms with van der Waals surface area (Å²) < 4.78 is 5.56. The van der Waals surface area contributed by atoms with E-state index in [1.807, 2.05) is 7.05 Å². The van der Waals surface area contributed by atoms with Crippen LogP contribution in [0.15, 0.2) is 4.99 Å². The minimum Gasteiger partial charge on any atom is -0.381 e. The molecule has 0 atom stereocenters. The number of guanidine groups is 1. The first kappa shape index (κ1) is 23.9. The van der Waals surface area contributed by atoms with Crippen LogP contribution in [0.3, 0.4) is 0 Å². The molecule has 2 N–H and O–H groups in total. The topological polar surface area (TPSA) is 48.9 Å². The normalized spacial score (nSPS) is 16.3. The SMILES string of the molecule is CCCCOCCCNC(=NC)NCCCN1CCCCCC1.I. The molecule has 0 aromatic carbocycles. The second-order valence-corrected chi connectivity index (χ2v) is 6.35. The summed E-state index contributed by atoms with van der Waals surface area (Å²) in [5.74, 6) is 0.912. The van der Waals surface area contributed by atoms with Gasteiger partial charge in [0, 0.05) is 33.4 Å². The van der Waals surface area contributed by atoms with Crippen molar-refractivity contribution < 1.29 is 4.74 Å². The van der Waals surface area contributed by atoms with Crippen molar-refractivity contribution in [2.45, 2.75) is 58.3 Å². The van der Waals surface area contributed by atoms with E-state index in [1.54, 1.807) is 0 Å². The van der Waals surface area contributed by atoms with Crippen molar-refractivity contribution in [1.29, 1.82) is 0 Å². The number of nitrogens with one attached hydrogen (secondary N) is 2. The summed E-state index contributed by atoms with van der Waals surface area (Å²) in [5.41, 5.74) is 0. The lowest BCUT2D eigenvalue weighted by Crippen LogP contribution is -2.39. The van der Waals surface area contributed by atoms with E-state index in [2.05, 4.69) is 27.4 Å². The molecule has 0 bridgehead atoms. The molecule has 0 aliphatic carbocycles. The predicted octanol–water partition coefficient (Wildman–Crippen LogP) is 3.24. The highest BCUT2D eigenvalue weighted by Crippen LogP contribution is 2.09. The molecule has 1 rings (SSSR count). The van der Waals surface area contributed by atoms with E-state index in [0.29, 0.717) is 0 Å². The van der Waals surface area contributed by atoms with Gasteiger partial charge in [-0.1, -0.05) is 26.2 Å². The van der Waals surface area contributed by atoms with Crippen molar-refractivity contribution in [2.24, 2.45) is 4.99 Å². The van der Waals surface area contributed by atoms with Crippen LogP contribution in [0.25, 0.3) is 0 Å². The third kappa shape index (κ3) is 13.2. The molecule has 0 saturated carbocycles. The second kappa shape index (κ2) is 17.7. The Hall–Kier alpha value is -0.0800. The first-order valence-corrected chi connectivity index (χ1v) is 9.61. The standard InChI is InChI=1S/C18H38N4O.HI/c1-3-4-16-23-17-10-12-21-18(19-2)20-11-9-15-22-13-7-5-6-8-14-22;/h3-17H2,1-2H3,(H2,19,20,21);1H. The Kier molecular flexibility index (Phi) is 17.7. The third-order valence-electron chi connectivity index (χ3n) is 4.27. The fraction of sp³-hybridized carbons (Fsp3) is 0.944. The number of nitrogens with zero attached hydrogens (tertiary/aromatic N) is 2. The van der Waals surface area contributed by atoms with Crippen LogP contribution < -0.4 is 10.6 Å². The van der Waals surface area contributed by atoms with Crippen LogP contribution in [-0.4, -0.2) is 63.8 Å². The minimum absolute atomic E-state index is 0. The molecule has 1 saturated heterocycles. The van der Waals surface area contributed by atoms with Gasteiger partial charge in [-0.05, 0) is 51.7 Å². The van der Waals surface area contributed by atoms with Crippen LogP contribution in [0.2, 0.25) is 0 Å². The monoisotopic (exact) mass is 454 g/mol. The van der Waals surface area contributed by atoms with E-state index < -0.39 is 0 Å². The van der Waals surface area contributed by atoms with Gasteiger partial charge in [0.1, 0.15) is 0 Å². The Labute approximate surface area is 166 Å². The second-order valence-electron chi connectivity index (χ2n) is 6.35. The van der Waals surface area contributed by atoms with Crippen LogP contribution in [0.5, 0.6) is 0 Å². The molecule has 1 aliphatic heterocycles. The summed E-state index contributed by atoms with van der Waals surface area (Å²) in [4.78, 5) is 6.88. The summed E-state index contributed by atoms with van der Waals surface area (Å²) in [5, 5.41) is 6.76. The minimum atomic E-state index is 0. The number of hydrogen-bond acceptors (Lipinski definition) is 3. The lowest BCUT2D eigenvalue weighted by atomic mass is 10.2. The molecular formula is C18H39IN4O. The van der Waals surface area contributed by atoms with Crippen molar-refractivity contribution >= 4 is 29.9 Å². The fourth-order valence-electron chi connectivity index (χ4n) is 2.82. The van der Waals surface area contributed by atoms with Crippen LogP contribution in [0, 0.1) is 0 Å². The van der Waals surface area contributed by atoms with Crippen LogP contribution in [-0.2, 0) is 4.74 Å². The van der Waals surface area contributed by atoms with E-state index in [-0.39, 0.29) is 24.0 Å². The molecule has 24 heavy (non-hydrogen) atoms. The van der Waals surface area contributed by atoms with Gasteiger partial charge in [0.25, 0.3) is 0 Å². The maximum atomic E-state index is 5.56. The van der Waals surface area contributed by atoms with Gasteiger partial charge in [0.15, 0.2) is 5.96 Å². The van der Waals surface area contributed by atoms with Gasteiger partial charge in [-0.25, -0.2) is 0 Å². The highest BCUT2D eigenvalue weighted by Gasteiger charge is 2.08. The highest BCUT2D eigenvalue weighted by atomic mass is 127. The summed E-state index contributed by atoms with van der Waals surface area (Å²) in [7, 11) is 1.84. The Balaban J connectivity index is 0.00000529. The zero-order chi connectivity index (χ0) is 16.6. The average molecular weight is 454 g/mol. The molecule has 0 unspecified atom stereocenters. The van der Waals surface area contributed by atoms with E-state index in [0.717, 1.165) is 45.1 Å². The first-order valence-electron chi connectivity index (χ1n) is 9.61. The number of rotatable bonds is 11. The van der Waals surface area contributed by atoms with Gasteiger partial charge in [0.05, 0.1) is 0 Å². The molecule has 0 radical (unpaired) electrons. The van der Waals surface area contributed by atoms with E-state index in [9.17, 15) is 0 Å². The average Bonchev–Trinajstić information content (AvgIpc) is 2.84. The van der Waals surface area contributed by atoms with Gasteiger partial charge in [-0.2, -0.15) is 0 Å². The molecule has 0 aromatic heterocycles. The zero-order valence-corrected chi connectivity index (χ0v) is 18.1. The Morgan fingerprint density at radius 2 is 1.58 bits per heavy atom. The molecule has 1 aliphatic rings. The van der Waals surface area contributed by atoms with Crippen molar-refractivity contribution in [2.75, 3.05) is 53.0 Å². The molecule has 1 heterocycles. The van der Waals surface area contributed by atoms with E-state index in [4.69, 9.17) is 4.74 Å². The largest absolute Gasteiger partial charge is 0.381 e. The molecule has 144 valence electrons. The van der Waals surface area contributed by atoms with Crippen molar-refractivity contribution in [1.82, 2.24) is 15.5 Å².